The van der Waals surface area contributed by atoms with Gasteiger partial charge in [0.15, 0.2) is 0 Å². The largest absolute Gasteiger partial charge is 0.396 e. The number of halogens is 1. The van der Waals surface area contributed by atoms with Crippen molar-refractivity contribution >= 4 is 21.6 Å². The van der Waals surface area contributed by atoms with E-state index in [9.17, 15) is 8.42 Å². The summed E-state index contributed by atoms with van der Waals surface area (Å²) >= 11 is 5.58. The Bertz CT molecular complexity index is 447. The Balaban J connectivity index is 2.66. The van der Waals surface area contributed by atoms with Crippen LogP contribution >= 0.6 is 11.6 Å². The molecule has 0 spiro atoms. The number of rotatable bonds is 6. The fraction of sp³-hybridized carbons (Fsp3) is 0.500. The Hall–Kier alpha value is -0.690. The SMILES string of the molecule is CC(CCO)CNS(=O)(=O)c1ccc(Cl)nc1. The quantitative estimate of drug-likeness (QED) is 0.762. The van der Waals surface area contributed by atoms with Crippen molar-refractivity contribution in [2.24, 2.45) is 5.92 Å². The first-order chi connectivity index (χ1) is 7.95. The van der Waals surface area contributed by atoms with Crippen LogP contribution in [-0.2, 0) is 10.0 Å². The molecule has 0 aliphatic rings. The zero-order valence-corrected chi connectivity index (χ0v) is 11.0. The standard InChI is InChI=1S/C10H15ClN2O3S/c1-8(4-5-14)6-13-17(15,16)9-2-3-10(11)12-7-9/h2-3,7-8,13-14H,4-6H2,1H3. The molecular weight excluding hydrogens is 264 g/mol. The molecule has 7 heteroatoms. The van der Waals surface area contributed by atoms with E-state index in [1.807, 2.05) is 6.92 Å². The lowest BCUT2D eigenvalue weighted by molar-refractivity contribution is 0.263. The molecule has 1 rings (SSSR count). The molecule has 1 unspecified atom stereocenters. The number of hydrogen-bond acceptors (Lipinski definition) is 4. The molecule has 0 fully saturated rings. The molecule has 0 aromatic carbocycles. The Morgan fingerprint density at radius 1 is 1.53 bits per heavy atom. The number of nitrogens with zero attached hydrogens (tertiary/aromatic N) is 1. The minimum Gasteiger partial charge on any atom is -0.396 e. The van der Waals surface area contributed by atoms with E-state index in [1.165, 1.54) is 18.3 Å². The summed E-state index contributed by atoms with van der Waals surface area (Å²) in [6.45, 7) is 2.19. The molecule has 0 amide bonds. The molecule has 1 aromatic heterocycles. The molecule has 96 valence electrons. The van der Waals surface area contributed by atoms with Gasteiger partial charge in [-0.2, -0.15) is 0 Å². The number of hydrogen-bond donors (Lipinski definition) is 2. The molecule has 0 saturated carbocycles. The molecule has 5 nitrogen and oxygen atoms in total. The average molecular weight is 279 g/mol. The molecule has 0 aliphatic heterocycles. The second kappa shape index (κ2) is 6.30. The smallest absolute Gasteiger partial charge is 0.242 e. The summed E-state index contributed by atoms with van der Waals surface area (Å²) in [4.78, 5) is 3.80. The zero-order chi connectivity index (χ0) is 12.9. The van der Waals surface area contributed by atoms with Crippen LogP contribution in [0, 0.1) is 5.92 Å². The van der Waals surface area contributed by atoms with Crippen molar-refractivity contribution in [1.82, 2.24) is 9.71 Å². The van der Waals surface area contributed by atoms with Gasteiger partial charge in [-0.15, -0.1) is 0 Å². The lowest BCUT2D eigenvalue weighted by Crippen LogP contribution is -2.28. The molecule has 1 aromatic rings. The van der Waals surface area contributed by atoms with Crippen molar-refractivity contribution in [3.05, 3.63) is 23.5 Å². The highest BCUT2D eigenvalue weighted by Gasteiger charge is 2.15. The topological polar surface area (TPSA) is 79.3 Å². The van der Waals surface area contributed by atoms with E-state index in [0.29, 0.717) is 6.42 Å². The van der Waals surface area contributed by atoms with Gasteiger partial charge in [0, 0.05) is 19.3 Å². The van der Waals surface area contributed by atoms with Crippen molar-refractivity contribution in [1.29, 1.82) is 0 Å². The second-order valence-corrected chi connectivity index (χ2v) is 5.94. The van der Waals surface area contributed by atoms with Crippen molar-refractivity contribution in [2.75, 3.05) is 13.2 Å². The predicted molar refractivity (Wildman–Crippen MR) is 65.3 cm³/mol. The van der Waals surface area contributed by atoms with Gasteiger partial charge in [0.1, 0.15) is 10.0 Å². The average Bonchev–Trinajstić information content (AvgIpc) is 2.28. The maximum absolute atomic E-state index is 11.8. The number of sulfonamides is 1. The summed E-state index contributed by atoms with van der Waals surface area (Å²) in [5.41, 5.74) is 0. The van der Waals surface area contributed by atoms with E-state index >= 15 is 0 Å². The van der Waals surface area contributed by atoms with Crippen LogP contribution in [0.1, 0.15) is 13.3 Å². The fourth-order valence-electron chi connectivity index (χ4n) is 1.18. The maximum Gasteiger partial charge on any atom is 0.242 e. The van der Waals surface area contributed by atoms with Gasteiger partial charge < -0.3 is 5.11 Å². The van der Waals surface area contributed by atoms with Crippen molar-refractivity contribution < 1.29 is 13.5 Å². The summed E-state index contributed by atoms with van der Waals surface area (Å²) in [5, 5.41) is 8.96. The predicted octanol–water partition coefficient (Wildman–Crippen LogP) is 1.03. The van der Waals surface area contributed by atoms with Gasteiger partial charge in [0.05, 0.1) is 0 Å². The van der Waals surface area contributed by atoms with Crippen LogP contribution < -0.4 is 4.72 Å². The third-order valence-corrected chi connectivity index (χ3v) is 3.89. The highest BCUT2D eigenvalue weighted by molar-refractivity contribution is 7.89. The first kappa shape index (κ1) is 14.4. The van der Waals surface area contributed by atoms with Crippen LogP contribution in [0.3, 0.4) is 0 Å². The van der Waals surface area contributed by atoms with E-state index in [-0.39, 0.29) is 29.1 Å². The summed E-state index contributed by atoms with van der Waals surface area (Å²) in [6, 6.07) is 2.82. The lowest BCUT2D eigenvalue weighted by Gasteiger charge is -2.11. The number of nitrogens with one attached hydrogen (secondary N) is 1. The van der Waals surface area contributed by atoms with Gasteiger partial charge in [-0.1, -0.05) is 18.5 Å². The summed E-state index contributed by atoms with van der Waals surface area (Å²) in [6.07, 6.45) is 1.77. The monoisotopic (exact) mass is 278 g/mol. The minimum absolute atomic E-state index is 0.0470. The van der Waals surface area contributed by atoms with Crippen LogP contribution in [0.5, 0.6) is 0 Å². The Morgan fingerprint density at radius 2 is 2.24 bits per heavy atom. The van der Waals surface area contributed by atoms with Gasteiger partial charge in [0.25, 0.3) is 0 Å². The van der Waals surface area contributed by atoms with E-state index in [4.69, 9.17) is 16.7 Å². The third kappa shape index (κ3) is 4.59. The van der Waals surface area contributed by atoms with E-state index in [0.717, 1.165) is 0 Å². The molecule has 0 saturated heterocycles. The minimum atomic E-state index is -3.54. The van der Waals surface area contributed by atoms with Gasteiger partial charge in [-0.25, -0.2) is 18.1 Å². The first-order valence-electron chi connectivity index (χ1n) is 5.18. The zero-order valence-electron chi connectivity index (χ0n) is 9.43. The number of pyridine rings is 1. The third-order valence-electron chi connectivity index (χ3n) is 2.25. The lowest BCUT2D eigenvalue weighted by atomic mass is 10.1. The van der Waals surface area contributed by atoms with Crippen LogP contribution in [0.25, 0.3) is 0 Å². The summed E-state index contributed by atoms with van der Waals surface area (Å²) < 4.78 is 26.0. The molecule has 0 aliphatic carbocycles. The van der Waals surface area contributed by atoms with Crippen LogP contribution in [0.2, 0.25) is 5.15 Å². The van der Waals surface area contributed by atoms with E-state index in [2.05, 4.69) is 9.71 Å². The second-order valence-electron chi connectivity index (χ2n) is 3.79. The molecule has 0 bridgehead atoms. The van der Waals surface area contributed by atoms with Crippen molar-refractivity contribution in [3.8, 4) is 0 Å². The van der Waals surface area contributed by atoms with Gasteiger partial charge in [0.2, 0.25) is 10.0 Å². The first-order valence-corrected chi connectivity index (χ1v) is 7.04. The number of aromatic nitrogens is 1. The summed E-state index contributed by atoms with van der Waals surface area (Å²) in [7, 11) is -3.54. The normalized spacial score (nSPS) is 13.6. The van der Waals surface area contributed by atoms with Crippen molar-refractivity contribution in [3.63, 3.8) is 0 Å². The molecule has 1 atom stereocenters. The highest BCUT2D eigenvalue weighted by Crippen LogP contribution is 2.11. The Morgan fingerprint density at radius 3 is 2.76 bits per heavy atom. The Labute approximate surface area is 106 Å². The maximum atomic E-state index is 11.8. The van der Waals surface area contributed by atoms with Gasteiger partial charge >= 0.3 is 0 Å². The summed E-state index contributed by atoms with van der Waals surface area (Å²) in [5.74, 6) is 0.0787. The van der Waals surface area contributed by atoms with Gasteiger partial charge in [-0.05, 0) is 24.5 Å². The van der Waals surface area contributed by atoms with Crippen LogP contribution in [-0.4, -0.2) is 31.7 Å². The highest BCUT2D eigenvalue weighted by atomic mass is 35.5. The van der Waals surface area contributed by atoms with E-state index < -0.39 is 10.0 Å². The molecular formula is C10H15ClN2O3S. The molecule has 0 radical (unpaired) electrons. The van der Waals surface area contributed by atoms with Crippen molar-refractivity contribution in [2.45, 2.75) is 18.2 Å². The van der Waals surface area contributed by atoms with Crippen LogP contribution in [0.15, 0.2) is 23.2 Å². The number of aliphatic hydroxyl groups excluding tert-OH is 1. The van der Waals surface area contributed by atoms with Gasteiger partial charge in [-0.3, -0.25) is 0 Å². The molecule has 1 heterocycles. The fourth-order valence-corrected chi connectivity index (χ4v) is 2.40. The van der Waals surface area contributed by atoms with E-state index in [1.54, 1.807) is 0 Å². The van der Waals surface area contributed by atoms with Crippen LogP contribution in [0.4, 0.5) is 0 Å². The molecule has 2 N–H and O–H groups in total. The number of aliphatic hydroxyl groups is 1. The Kier molecular flexibility index (Phi) is 5.32. The molecule has 17 heavy (non-hydrogen) atoms.